The predicted molar refractivity (Wildman–Crippen MR) is 145 cm³/mol. The molecule has 2 aliphatic rings. The molecule has 190 valence electrons. The topological polar surface area (TPSA) is 82.0 Å². The van der Waals surface area contributed by atoms with Gasteiger partial charge in [-0.25, -0.2) is 4.99 Å². The Morgan fingerprint density at radius 3 is 2.35 bits per heavy atom. The van der Waals surface area contributed by atoms with Crippen molar-refractivity contribution >= 4 is 23.2 Å². The minimum absolute atomic E-state index is 0.310. The number of hydrogen-bond donors (Lipinski definition) is 2. The summed E-state index contributed by atoms with van der Waals surface area (Å²) in [4.78, 5) is 33.5. The van der Waals surface area contributed by atoms with Crippen molar-refractivity contribution in [2.45, 2.75) is 44.4 Å². The summed E-state index contributed by atoms with van der Waals surface area (Å²) >= 11 is 0. The molecule has 37 heavy (non-hydrogen) atoms. The molecule has 0 saturated heterocycles. The highest BCUT2D eigenvalue weighted by molar-refractivity contribution is 6.20. The third-order valence-electron chi connectivity index (χ3n) is 7.33. The quantitative estimate of drug-likeness (QED) is 0.463. The van der Waals surface area contributed by atoms with Crippen LogP contribution in [0.5, 0.6) is 0 Å². The lowest BCUT2D eigenvalue weighted by atomic mass is 9.90. The Bertz CT molecular complexity index is 1270. The van der Waals surface area contributed by atoms with E-state index in [4.69, 9.17) is 4.99 Å². The number of likely N-dealkylation sites (N-methyl/N-ethyl adjacent to an activating group) is 1. The van der Waals surface area contributed by atoms with Crippen LogP contribution in [0.2, 0.25) is 0 Å². The number of nitrogens with zero attached hydrogens (tertiary/aromatic N) is 2. The Hall–Kier alpha value is -3.77. The van der Waals surface area contributed by atoms with Gasteiger partial charge in [0, 0.05) is 18.2 Å². The van der Waals surface area contributed by atoms with Gasteiger partial charge in [0.1, 0.15) is 0 Å². The van der Waals surface area contributed by atoms with Gasteiger partial charge in [-0.15, -0.1) is 0 Å². The number of benzodiazepines with no additional fused rings is 1. The molecule has 0 bridgehead atoms. The number of para-hydroxylation sites is 1. The van der Waals surface area contributed by atoms with Crippen LogP contribution in [0, 0.1) is 11.8 Å². The highest BCUT2D eigenvalue weighted by Crippen LogP contribution is 2.37. The zero-order valence-corrected chi connectivity index (χ0v) is 21.1. The van der Waals surface area contributed by atoms with Gasteiger partial charge in [0.2, 0.25) is 12.1 Å². The number of aliphatic hydroxyl groups excluding tert-OH is 1. The van der Waals surface area contributed by atoms with Crippen molar-refractivity contribution in [2.75, 3.05) is 11.9 Å². The smallest absolute Gasteiger partial charge is 0.272 e. The fraction of sp³-hybridized carbons (Fsp3) is 0.323. The maximum atomic E-state index is 13.6. The van der Waals surface area contributed by atoms with Gasteiger partial charge in [-0.2, -0.15) is 0 Å². The predicted octanol–water partition coefficient (Wildman–Crippen LogP) is 4.35. The van der Waals surface area contributed by atoms with Gasteiger partial charge in [-0.3, -0.25) is 9.59 Å². The summed E-state index contributed by atoms with van der Waals surface area (Å²) < 4.78 is 0. The number of hydrogen-bond acceptors (Lipinski definition) is 4. The molecule has 6 heteroatoms. The molecular weight excluding hydrogens is 462 g/mol. The lowest BCUT2D eigenvalue weighted by molar-refractivity contribution is -0.133. The molecule has 1 heterocycles. The molecule has 6 nitrogen and oxygen atoms in total. The van der Waals surface area contributed by atoms with Gasteiger partial charge in [0.25, 0.3) is 5.91 Å². The van der Waals surface area contributed by atoms with Crippen LogP contribution in [0.1, 0.15) is 42.4 Å². The maximum absolute atomic E-state index is 13.6. The molecule has 1 saturated carbocycles. The average Bonchev–Trinajstić information content (AvgIpc) is 3.77. The number of benzene rings is 3. The van der Waals surface area contributed by atoms with Crippen LogP contribution in [-0.2, 0) is 16.0 Å². The summed E-state index contributed by atoms with van der Waals surface area (Å²) in [6.45, 7) is 0. The number of rotatable bonds is 9. The second kappa shape index (κ2) is 11.1. The number of nitrogens with one attached hydrogen (secondary N) is 1. The zero-order valence-electron chi connectivity index (χ0n) is 21.1. The molecule has 2 N–H and O–H groups in total. The van der Waals surface area contributed by atoms with Crippen molar-refractivity contribution in [3.05, 3.63) is 102 Å². The van der Waals surface area contributed by atoms with Crippen molar-refractivity contribution in [1.29, 1.82) is 0 Å². The number of carbonyl (C=O) groups excluding carboxylic acids is 2. The fourth-order valence-corrected chi connectivity index (χ4v) is 5.00. The molecule has 3 aromatic rings. The van der Waals surface area contributed by atoms with E-state index < -0.39 is 18.2 Å². The SMILES string of the molecule is CN1C(=O)C(NC(=O)C(CC2CC2)C(O)CCc2ccccc2)N=C(c2ccccc2)c2ccccc21. The summed E-state index contributed by atoms with van der Waals surface area (Å²) in [5, 5.41) is 14.0. The lowest BCUT2D eigenvalue weighted by Crippen LogP contribution is -2.49. The van der Waals surface area contributed by atoms with Crippen LogP contribution >= 0.6 is 0 Å². The molecule has 0 spiro atoms. The van der Waals surface area contributed by atoms with E-state index >= 15 is 0 Å². The van der Waals surface area contributed by atoms with E-state index in [2.05, 4.69) is 5.32 Å². The van der Waals surface area contributed by atoms with Crippen molar-refractivity contribution < 1.29 is 14.7 Å². The molecule has 5 rings (SSSR count). The van der Waals surface area contributed by atoms with Crippen molar-refractivity contribution in [3.63, 3.8) is 0 Å². The first kappa shape index (κ1) is 24.9. The first-order chi connectivity index (χ1) is 18.0. The molecule has 0 radical (unpaired) electrons. The Labute approximate surface area is 218 Å². The van der Waals surface area contributed by atoms with E-state index in [1.54, 1.807) is 11.9 Å². The van der Waals surface area contributed by atoms with Gasteiger partial charge < -0.3 is 15.3 Å². The van der Waals surface area contributed by atoms with E-state index in [0.717, 1.165) is 35.2 Å². The Morgan fingerprint density at radius 1 is 1.00 bits per heavy atom. The third-order valence-corrected chi connectivity index (χ3v) is 7.33. The molecule has 3 atom stereocenters. The highest BCUT2D eigenvalue weighted by Gasteiger charge is 2.37. The Kier molecular flexibility index (Phi) is 7.47. The van der Waals surface area contributed by atoms with Crippen molar-refractivity contribution in [1.82, 2.24) is 5.32 Å². The van der Waals surface area contributed by atoms with Crippen LogP contribution in [0.25, 0.3) is 0 Å². The highest BCUT2D eigenvalue weighted by atomic mass is 16.3. The van der Waals surface area contributed by atoms with E-state index in [0.29, 0.717) is 30.9 Å². The van der Waals surface area contributed by atoms with Gasteiger partial charge in [0.15, 0.2) is 0 Å². The maximum Gasteiger partial charge on any atom is 0.272 e. The van der Waals surface area contributed by atoms with Gasteiger partial charge in [-0.05, 0) is 36.8 Å². The zero-order chi connectivity index (χ0) is 25.8. The first-order valence-electron chi connectivity index (χ1n) is 13.0. The van der Waals surface area contributed by atoms with Crippen LogP contribution in [0.4, 0.5) is 5.69 Å². The minimum atomic E-state index is -1.08. The average molecular weight is 496 g/mol. The number of carbonyl (C=O) groups is 2. The number of amides is 2. The third kappa shape index (κ3) is 5.81. The van der Waals surface area contributed by atoms with Crippen LogP contribution in [0.3, 0.4) is 0 Å². The molecule has 1 aliphatic heterocycles. The van der Waals surface area contributed by atoms with Gasteiger partial charge in [-0.1, -0.05) is 91.7 Å². The normalized spacial score (nSPS) is 18.9. The van der Waals surface area contributed by atoms with E-state index in [1.165, 1.54) is 0 Å². The summed E-state index contributed by atoms with van der Waals surface area (Å²) in [5.41, 5.74) is 4.22. The number of fused-ring (bicyclic) bond motifs is 1. The second-order valence-corrected chi connectivity index (χ2v) is 10.0. The second-order valence-electron chi connectivity index (χ2n) is 10.0. The summed E-state index contributed by atoms with van der Waals surface area (Å²) in [5.74, 6) is -0.769. The van der Waals surface area contributed by atoms with E-state index in [-0.39, 0.29) is 11.8 Å². The van der Waals surface area contributed by atoms with Gasteiger partial charge in [0.05, 0.1) is 23.4 Å². The molecule has 1 fully saturated rings. The number of aryl methyl sites for hydroxylation is 1. The van der Waals surface area contributed by atoms with E-state index in [9.17, 15) is 14.7 Å². The fourth-order valence-electron chi connectivity index (χ4n) is 5.00. The standard InChI is InChI=1S/C31H33N3O3/c1-34-26-15-9-8-14-24(26)28(23-12-6-3-7-13-23)32-29(31(34)37)33-30(36)25(20-22-16-17-22)27(35)19-18-21-10-4-2-5-11-21/h2-15,22,25,27,29,35H,16-20H2,1H3,(H,33,36). The molecular formula is C31H33N3O3. The molecule has 3 unspecified atom stereocenters. The summed E-state index contributed by atoms with van der Waals surface area (Å²) in [6.07, 6.45) is 2.06. The molecule has 2 amide bonds. The number of aliphatic hydroxyl groups is 1. The van der Waals surface area contributed by atoms with Crippen molar-refractivity contribution in [3.8, 4) is 0 Å². The first-order valence-corrected chi connectivity index (χ1v) is 13.0. The monoisotopic (exact) mass is 495 g/mol. The molecule has 0 aromatic heterocycles. The Balaban J connectivity index is 1.40. The minimum Gasteiger partial charge on any atom is -0.392 e. The lowest BCUT2D eigenvalue weighted by Gasteiger charge is -2.25. The van der Waals surface area contributed by atoms with Crippen LogP contribution in [0.15, 0.2) is 89.9 Å². The number of anilines is 1. The number of aliphatic imine (C=N–C) groups is 1. The van der Waals surface area contributed by atoms with Gasteiger partial charge >= 0.3 is 0 Å². The Morgan fingerprint density at radius 2 is 1.65 bits per heavy atom. The summed E-state index contributed by atoms with van der Waals surface area (Å²) in [7, 11) is 1.71. The van der Waals surface area contributed by atoms with E-state index in [1.807, 2.05) is 84.9 Å². The molecule has 1 aliphatic carbocycles. The van der Waals surface area contributed by atoms with Crippen LogP contribution < -0.4 is 10.2 Å². The largest absolute Gasteiger partial charge is 0.392 e. The summed E-state index contributed by atoms with van der Waals surface area (Å²) in [6, 6.07) is 27.3. The van der Waals surface area contributed by atoms with Crippen molar-refractivity contribution in [2.24, 2.45) is 16.8 Å². The van der Waals surface area contributed by atoms with Crippen LogP contribution in [-0.4, -0.2) is 41.9 Å². The molecule has 3 aromatic carbocycles.